The summed E-state index contributed by atoms with van der Waals surface area (Å²) < 4.78 is 2.46. The maximum atomic E-state index is 2.55. The highest BCUT2D eigenvalue weighted by Crippen LogP contribution is 2.56. The van der Waals surface area contributed by atoms with Crippen molar-refractivity contribution >= 4 is 60.4 Å². The molecule has 3 unspecified atom stereocenters. The molecule has 0 saturated carbocycles. The zero-order valence-corrected chi connectivity index (χ0v) is 53.9. The molecule has 0 fully saturated rings. The van der Waals surface area contributed by atoms with Crippen LogP contribution in [-0.4, -0.2) is 4.57 Å². The molecule has 4 atom stereocenters. The van der Waals surface area contributed by atoms with E-state index in [0.717, 1.165) is 22.7 Å². The molecule has 15 aromatic rings. The van der Waals surface area contributed by atoms with Gasteiger partial charge in [0.05, 0.1) is 11.0 Å². The first-order valence-corrected chi connectivity index (χ1v) is 33.9. The highest BCUT2D eigenvalue weighted by Gasteiger charge is 2.43. The Morgan fingerprint density at radius 2 is 0.800 bits per heavy atom. The van der Waals surface area contributed by atoms with Crippen LogP contribution in [0.4, 0.5) is 17.1 Å². The molecular formula is C93H72N2. The van der Waals surface area contributed by atoms with E-state index < -0.39 is 0 Å². The Morgan fingerprint density at radius 3 is 1.43 bits per heavy atom. The number of hydrogen-bond acceptors (Lipinski definition) is 1. The van der Waals surface area contributed by atoms with Gasteiger partial charge in [-0.15, -0.1) is 0 Å². The lowest BCUT2D eigenvalue weighted by Gasteiger charge is -2.34. The third-order valence-electron chi connectivity index (χ3n) is 21.1. The molecule has 0 spiro atoms. The number of nitrogens with zero attached hydrogens (tertiary/aromatic N) is 2. The van der Waals surface area contributed by atoms with Gasteiger partial charge in [0.1, 0.15) is 0 Å². The van der Waals surface area contributed by atoms with E-state index >= 15 is 0 Å². The normalized spacial score (nSPS) is 15.9. The summed E-state index contributed by atoms with van der Waals surface area (Å²) in [7, 11) is 0. The van der Waals surface area contributed by atoms with E-state index in [0.29, 0.717) is 5.92 Å². The van der Waals surface area contributed by atoms with Crippen LogP contribution in [0, 0.1) is 5.92 Å². The minimum absolute atomic E-state index is 0.0767. The fourth-order valence-corrected chi connectivity index (χ4v) is 16.3. The molecule has 454 valence electrons. The molecule has 2 nitrogen and oxygen atoms in total. The van der Waals surface area contributed by atoms with Gasteiger partial charge in [0.2, 0.25) is 0 Å². The topological polar surface area (TPSA) is 8.17 Å². The molecule has 1 aromatic heterocycles. The molecular weight excluding hydrogens is 1150 g/mol. The van der Waals surface area contributed by atoms with Gasteiger partial charge in [0, 0.05) is 50.8 Å². The second-order valence-electron chi connectivity index (χ2n) is 26.3. The van der Waals surface area contributed by atoms with Gasteiger partial charge in [-0.25, -0.2) is 0 Å². The fraction of sp³-hybridized carbons (Fsp3) is 0.0968. The first-order chi connectivity index (χ1) is 46.9. The third kappa shape index (κ3) is 9.86. The maximum absolute atomic E-state index is 2.55. The summed E-state index contributed by atoms with van der Waals surface area (Å²) in [6.07, 6.45) is 11.5. The first kappa shape index (κ1) is 57.6. The predicted octanol–water partition coefficient (Wildman–Crippen LogP) is 25.6. The third-order valence-corrected chi connectivity index (χ3v) is 21.1. The van der Waals surface area contributed by atoms with Crippen molar-refractivity contribution in [3.05, 3.63) is 362 Å². The second-order valence-corrected chi connectivity index (χ2v) is 26.3. The van der Waals surface area contributed by atoms with Gasteiger partial charge >= 0.3 is 0 Å². The van der Waals surface area contributed by atoms with Crippen molar-refractivity contribution in [3.8, 4) is 72.4 Å². The van der Waals surface area contributed by atoms with Gasteiger partial charge in [0.15, 0.2) is 0 Å². The number of para-hydroxylation sites is 1. The molecule has 0 amide bonds. The molecule has 0 aliphatic heterocycles. The monoisotopic (exact) mass is 1220 g/mol. The van der Waals surface area contributed by atoms with Crippen LogP contribution < -0.4 is 4.90 Å². The van der Waals surface area contributed by atoms with E-state index in [9.17, 15) is 0 Å². The lowest BCUT2D eigenvalue weighted by molar-refractivity contribution is 0.356. The minimum Gasteiger partial charge on any atom is -0.311 e. The molecule has 0 N–H and O–H groups in total. The summed E-state index contributed by atoms with van der Waals surface area (Å²) in [5.74, 6) is 0.926. The number of fused-ring (bicyclic) bond motifs is 8. The minimum atomic E-state index is -0.0767. The van der Waals surface area contributed by atoms with Crippen molar-refractivity contribution in [1.29, 1.82) is 0 Å². The van der Waals surface area contributed by atoms with Crippen molar-refractivity contribution in [2.75, 3.05) is 4.90 Å². The van der Waals surface area contributed by atoms with Crippen LogP contribution in [-0.2, 0) is 5.41 Å². The van der Waals surface area contributed by atoms with E-state index in [-0.39, 0.29) is 17.3 Å². The summed E-state index contributed by atoms with van der Waals surface area (Å²) in [5, 5.41) is 7.55. The highest BCUT2D eigenvalue weighted by molar-refractivity contribution is 6.21. The molecule has 2 heteroatoms. The number of allylic oxidation sites excluding steroid dienone is 4. The summed E-state index contributed by atoms with van der Waals surface area (Å²) in [6.45, 7) is 7.28. The zero-order chi connectivity index (χ0) is 63.6. The Bertz CT molecular complexity index is 5390. The number of aromatic nitrogens is 1. The molecule has 14 aromatic carbocycles. The number of rotatable bonds is 14. The molecule has 17 rings (SSSR count). The van der Waals surface area contributed by atoms with Crippen LogP contribution in [0.15, 0.2) is 340 Å². The van der Waals surface area contributed by atoms with E-state index in [2.05, 4.69) is 370 Å². The SMILES string of the molecule is CCCC(C)C1(C)c2ccccc2-c2ccc(-c3c4ccccc4c(-c4ccc(-c5ccc(N(c6ccccc6)c6ccc(-n7c8ccc(-c9ccccc9-c9ccccc9)cc8c8cc(C9C=CC=C[C@H]9c9ccccc9)ccc87)cc6)cc5)cc4)c4ccccc34)cc21. The highest BCUT2D eigenvalue weighted by atomic mass is 15.1. The molecule has 0 bridgehead atoms. The Hall–Kier alpha value is -11.3. The Morgan fingerprint density at radius 1 is 0.347 bits per heavy atom. The number of hydrogen-bond donors (Lipinski definition) is 0. The zero-order valence-electron chi connectivity index (χ0n) is 53.9. The summed E-state index contributed by atoms with van der Waals surface area (Å²) in [6, 6.07) is 118. The summed E-state index contributed by atoms with van der Waals surface area (Å²) in [4.78, 5) is 2.37. The van der Waals surface area contributed by atoms with Crippen molar-refractivity contribution in [2.45, 2.75) is 50.9 Å². The van der Waals surface area contributed by atoms with E-state index in [1.54, 1.807) is 0 Å². The van der Waals surface area contributed by atoms with Gasteiger partial charge in [-0.05, 0) is 202 Å². The number of benzene rings is 14. The van der Waals surface area contributed by atoms with E-state index in [1.165, 1.54) is 145 Å². The average molecular weight is 1220 g/mol. The predicted molar refractivity (Wildman–Crippen MR) is 404 cm³/mol. The Kier molecular flexibility index (Phi) is 14.5. The Balaban J connectivity index is 0.708. The van der Waals surface area contributed by atoms with E-state index in [4.69, 9.17) is 0 Å². The van der Waals surface area contributed by atoms with Crippen LogP contribution in [0.3, 0.4) is 0 Å². The van der Waals surface area contributed by atoms with Crippen LogP contribution in [0.2, 0.25) is 0 Å². The quantitative estimate of drug-likeness (QED) is 0.0985. The van der Waals surface area contributed by atoms with Gasteiger partial charge < -0.3 is 9.47 Å². The summed E-state index contributed by atoms with van der Waals surface area (Å²) >= 11 is 0. The van der Waals surface area contributed by atoms with Crippen LogP contribution in [0.1, 0.15) is 67.7 Å². The van der Waals surface area contributed by atoms with Crippen molar-refractivity contribution < 1.29 is 0 Å². The van der Waals surface area contributed by atoms with Gasteiger partial charge in [-0.3, -0.25) is 0 Å². The molecule has 95 heavy (non-hydrogen) atoms. The van der Waals surface area contributed by atoms with Crippen LogP contribution in [0.25, 0.3) is 116 Å². The van der Waals surface area contributed by atoms with Crippen LogP contribution in [0.5, 0.6) is 0 Å². The standard InChI is InChI=1S/C93H72N2/c1-4-24-62(2)93(3)87-40-23-22-35-79(87)80-56-47-70(61-88(80)93)92-83-38-20-18-36-81(83)91(82-37-19-21-39-84(82)92)67-43-41-63(42-44-67)64-45-50-72(51-46-64)94(71-29-12-7-13-30-71)73-52-54-74(55-53-73)95-89-57-48-68(77-33-16-14-31-75(77)65-25-8-5-9-26-65)59-85(89)86-60-69(49-58-90(86)95)78-34-17-15-32-76(78)66-27-10-6-11-28-66/h5-23,25-62,75,77H,4,24H2,1-3H3/t62?,75-,77?,93?/m0/s1. The maximum Gasteiger partial charge on any atom is 0.0541 e. The molecule has 2 aliphatic rings. The lowest BCUT2D eigenvalue weighted by Crippen LogP contribution is -2.29. The van der Waals surface area contributed by atoms with E-state index in [1.807, 2.05) is 0 Å². The Labute approximate surface area is 557 Å². The average Bonchev–Trinajstić information content (AvgIpc) is 1.72. The van der Waals surface area contributed by atoms with Gasteiger partial charge in [0.25, 0.3) is 0 Å². The number of anilines is 3. The molecule has 0 radical (unpaired) electrons. The van der Waals surface area contributed by atoms with Crippen molar-refractivity contribution in [3.63, 3.8) is 0 Å². The fourth-order valence-electron chi connectivity index (χ4n) is 16.3. The lowest BCUT2D eigenvalue weighted by atomic mass is 9.69. The molecule has 1 heterocycles. The van der Waals surface area contributed by atoms with Gasteiger partial charge in [-0.2, -0.15) is 0 Å². The van der Waals surface area contributed by atoms with Crippen LogP contribution >= 0.6 is 0 Å². The molecule has 2 aliphatic carbocycles. The largest absolute Gasteiger partial charge is 0.311 e. The smallest absolute Gasteiger partial charge is 0.0541 e. The van der Waals surface area contributed by atoms with Crippen molar-refractivity contribution in [1.82, 2.24) is 4.57 Å². The molecule has 0 saturated heterocycles. The first-order valence-electron chi connectivity index (χ1n) is 33.9. The van der Waals surface area contributed by atoms with Crippen molar-refractivity contribution in [2.24, 2.45) is 5.92 Å². The van der Waals surface area contributed by atoms with Gasteiger partial charge in [-0.1, -0.05) is 288 Å². The second kappa shape index (κ2) is 24.0. The summed E-state index contributed by atoms with van der Waals surface area (Å²) in [5.41, 5.74) is 27.2.